The van der Waals surface area contributed by atoms with Gasteiger partial charge in [0.15, 0.2) is 0 Å². The molecule has 0 saturated carbocycles. The summed E-state index contributed by atoms with van der Waals surface area (Å²) in [5.74, 6) is -1.57. The van der Waals surface area contributed by atoms with E-state index in [0.29, 0.717) is 10.7 Å². The van der Waals surface area contributed by atoms with Crippen LogP contribution in [0.15, 0.2) is 24.3 Å². The molecule has 104 valence electrons. The van der Waals surface area contributed by atoms with Gasteiger partial charge in [-0.2, -0.15) is 0 Å². The molecule has 1 aromatic rings. The highest BCUT2D eigenvalue weighted by Crippen LogP contribution is 2.19. The van der Waals surface area contributed by atoms with Crippen molar-refractivity contribution >= 4 is 29.1 Å². The number of anilines is 1. The van der Waals surface area contributed by atoms with E-state index >= 15 is 0 Å². The first-order valence-electron chi connectivity index (χ1n) is 5.67. The average molecular weight is 287 g/mol. The molecule has 19 heavy (non-hydrogen) atoms. The topological polar surface area (TPSA) is 87.7 Å². The first-order chi connectivity index (χ1) is 9.15. The highest BCUT2D eigenvalue weighted by molar-refractivity contribution is 6.41. The van der Waals surface area contributed by atoms with Crippen LogP contribution in [0.3, 0.4) is 0 Å². The molecule has 0 spiro atoms. The van der Waals surface area contributed by atoms with Gasteiger partial charge in [0, 0.05) is 6.54 Å². The summed E-state index contributed by atoms with van der Waals surface area (Å²) in [4.78, 5) is 22.9. The van der Waals surface area contributed by atoms with Crippen LogP contribution < -0.4 is 10.6 Å². The van der Waals surface area contributed by atoms with Gasteiger partial charge in [-0.05, 0) is 12.1 Å². The maximum atomic E-state index is 11.5. The zero-order valence-corrected chi connectivity index (χ0v) is 10.9. The van der Waals surface area contributed by atoms with Gasteiger partial charge in [0.05, 0.1) is 30.5 Å². The number of amides is 2. The third-order valence-electron chi connectivity index (χ3n) is 2.10. The zero-order chi connectivity index (χ0) is 14.1. The Morgan fingerprint density at radius 1 is 1.21 bits per heavy atom. The third-order valence-corrected chi connectivity index (χ3v) is 2.43. The van der Waals surface area contributed by atoms with E-state index in [9.17, 15) is 9.59 Å². The minimum Gasteiger partial charge on any atom is -0.394 e. The van der Waals surface area contributed by atoms with E-state index in [0.717, 1.165) is 0 Å². The Morgan fingerprint density at radius 3 is 2.63 bits per heavy atom. The summed E-state index contributed by atoms with van der Waals surface area (Å²) in [6, 6.07) is 6.62. The monoisotopic (exact) mass is 286 g/mol. The lowest BCUT2D eigenvalue weighted by Gasteiger charge is -2.07. The van der Waals surface area contributed by atoms with Crippen molar-refractivity contribution in [1.29, 1.82) is 0 Å². The highest BCUT2D eigenvalue weighted by Gasteiger charge is 2.13. The molecule has 0 saturated heterocycles. The number of hydrogen-bond donors (Lipinski definition) is 3. The fraction of sp³-hybridized carbons (Fsp3) is 0.333. The number of aliphatic hydroxyl groups is 1. The van der Waals surface area contributed by atoms with E-state index in [-0.39, 0.29) is 26.4 Å². The lowest BCUT2D eigenvalue weighted by molar-refractivity contribution is -0.136. The van der Waals surface area contributed by atoms with Gasteiger partial charge in [-0.1, -0.05) is 23.7 Å². The molecule has 7 heteroatoms. The number of aliphatic hydroxyl groups excluding tert-OH is 1. The van der Waals surface area contributed by atoms with Crippen LogP contribution in [-0.4, -0.2) is 43.3 Å². The first kappa shape index (κ1) is 15.4. The number of halogens is 1. The maximum absolute atomic E-state index is 11.5. The highest BCUT2D eigenvalue weighted by atomic mass is 35.5. The van der Waals surface area contributed by atoms with Gasteiger partial charge in [-0.25, -0.2) is 0 Å². The number of ether oxygens (including phenoxy) is 1. The van der Waals surface area contributed by atoms with Crippen LogP contribution in [0.4, 0.5) is 5.69 Å². The smallest absolute Gasteiger partial charge is 0.313 e. The summed E-state index contributed by atoms with van der Waals surface area (Å²) in [6.07, 6.45) is 0. The zero-order valence-electron chi connectivity index (χ0n) is 10.2. The van der Waals surface area contributed by atoms with Crippen LogP contribution in [0.5, 0.6) is 0 Å². The Balaban J connectivity index is 2.33. The normalized spacial score (nSPS) is 10.0. The predicted octanol–water partition coefficient (Wildman–Crippen LogP) is 0.404. The number of hydrogen-bond acceptors (Lipinski definition) is 4. The van der Waals surface area contributed by atoms with E-state index in [1.807, 2.05) is 0 Å². The summed E-state index contributed by atoms with van der Waals surface area (Å²) < 4.78 is 4.93. The van der Waals surface area contributed by atoms with Crippen molar-refractivity contribution in [3.05, 3.63) is 29.3 Å². The number of rotatable bonds is 6. The molecular formula is C12H15ClN2O4. The van der Waals surface area contributed by atoms with Crippen LogP contribution in [0.1, 0.15) is 0 Å². The van der Waals surface area contributed by atoms with Gasteiger partial charge in [0.1, 0.15) is 0 Å². The van der Waals surface area contributed by atoms with Gasteiger partial charge in [-0.15, -0.1) is 0 Å². The van der Waals surface area contributed by atoms with E-state index in [4.69, 9.17) is 21.4 Å². The van der Waals surface area contributed by atoms with E-state index < -0.39 is 11.8 Å². The second kappa shape index (κ2) is 8.47. The van der Waals surface area contributed by atoms with Crippen molar-refractivity contribution in [3.63, 3.8) is 0 Å². The van der Waals surface area contributed by atoms with Gasteiger partial charge in [-0.3, -0.25) is 9.59 Å². The second-order valence-electron chi connectivity index (χ2n) is 3.53. The molecule has 1 rings (SSSR count). The van der Waals surface area contributed by atoms with Crippen LogP contribution in [0, 0.1) is 0 Å². The molecule has 0 aliphatic carbocycles. The molecular weight excluding hydrogens is 272 g/mol. The Morgan fingerprint density at radius 2 is 1.95 bits per heavy atom. The molecule has 0 heterocycles. The number of benzene rings is 1. The average Bonchev–Trinajstić information content (AvgIpc) is 2.41. The first-order valence-corrected chi connectivity index (χ1v) is 6.05. The lowest BCUT2D eigenvalue weighted by Crippen LogP contribution is -2.37. The van der Waals surface area contributed by atoms with Crippen molar-refractivity contribution in [2.75, 3.05) is 31.7 Å². The molecule has 0 aliphatic heterocycles. The van der Waals surface area contributed by atoms with Crippen molar-refractivity contribution in [2.45, 2.75) is 0 Å². The molecule has 2 amide bonds. The van der Waals surface area contributed by atoms with Crippen molar-refractivity contribution in [3.8, 4) is 0 Å². The number of para-hydroxylation sites is 1. The fourth-order valence-corrected chi connectivity index (χ4v) is 1.41. The summed E-state index contributed by atoms with van der Waals surface area (Å²) in [5.41, 5.74) is 0.376. The molecule has 6 nitrogen and oxygen atoms in total. The fourth-order valence-electron chi connectivity index (χ4n) is 1.23. The van der Waals surface area contributed by atoms with E-state index in [2.05, 4.69) is 10.6 Å². The summed E-state index contributed by atoms with van der Waals surface area (Å²) in [6.45, 7) is 0.531. The number of carbonyl (C=O) groups is 2. The quantitative estimate of drug-likeness (QED) is 0.522. The van der Waals surface area contributed by atoms with Crippen LogP contribution >= 0.6 is 11.6 Å². The van der Waals surface area contributed by atoms with Gasteiger partial charge in [0.2, 0.25) is 0 Å². The third kappa shape index (κ3) is 5.69. The minimum atomic E-state index is -0.796. The number of nitrogens with one attached hydrogen (secondary N) is 2. The Labute approximate surface area is 115 Å². The Hall–Kier alpha value is -1.63. The van der Waals surface area contributed by atoms with E-state index in [1.54, 1.807) is 24.3 Å². The molecule has 3 N–H and O–H groups in total. The molecule has 1 aromatic carbocycles. The van der Waals surface area contributed by atoms with Gasteiger partial charge in [0.25, 0.3) is 0 Å². The summed E-state index contributed by atoms with van der Waals surface area (Å²) >= 11 is 5.84. The Bertz CT molecular complexity index is 439. The maximum Gasteiger partial charge on any atom is 0.313 e. The molecule has 0 fully saturated rings. The molecule has 0 radical (unpaired) electrons. The lowest BCUT2D eigenvalue weighted by atomic mass is 10.3. The van der Waals surface area contributed by atoms with Crippen molar-refractivity contribution < 1.29 is 19.4 Å². The largest absolute Gasteiger partial charge is 0.394 e. The molecule has 0 bridgehead atoms. The SMILES string of the molecule is O=C(NCCOCCO)C(=O)Nc1ccccc1Cl. The van der Waals surface area contributed by atoms with Crippen LogP contribution in [0.25, 0.3) is 0 Å². The second-order valence-corrected chi connectivity index (χ2v) is 3.93. The van der Waals surface area contributed by atoms with Crippen molar-refractivity contribution in [1.82, 2.24) is 5.32 Å². The molecule has 0 aromatic heterocycles. The minimum absolute atomic E-state index is 0.0824. The standard InChI is InChI=1S/C12H15ClN2O4/c13-9-3-1-2-4-10(9)15-12(18)11(17)14-5-7-19-8-6-16/h1-4,16H,5-8H2,(H,14,17)(H,15,18). The van der Waals surface area contributed by atoms with Crippen molar-refractivity contribution in [2.24, 2.45) is 0 Å². The Kier molecular flexibility index (Phi) is 6.88. The number of carbonyl (C=O) groups excluding carboxylic acids is 2. The molecule has 0 aliphatic rings. The van der Waals surface area contributed by atoms with Crippen LogP contribution in [0.2, 0.25) is 5.02 Å². The summed E-state index contributed by atoms with van der Waals surface area (Å²) in [5, 5.41) is 13.6. The molecule has 0 atom stereocenters. The summed E-state index contributed by atoms with van der Waals surface area (Å²) in [7, 11) is 0. The predicted molar refractivity (Wildman–Crippen MR) is 71.0 cm³/mol. The van der Waals surface area contributed by atoms with E-state index in [1.165, 1.54) is 0 Å². The molecule has 0 unspecified atom stereocenters. The van der Waals surface area contributed by atoms with Gasteiger partial charge < -0.3 is 20.5 Å². The van der Waals surface area contributed by atoms with Gasteiger partial charge >= 0.3 is 11.8 Å². The van der Waals surface area contributed by atoms with Crippen LogP contribution in [-0.2, 0) is 14.3 Å².